The maximum atomic E-state index is 13.2. The summed E-state index contributed by atoms with van der Waals surface area (Å²) in [6.07, 6.45) is 5.66. The van der Waals surface area contributed by atoms with Gasteiger partial charge in [0, 0.05) is 36.0 Å². The Labute approximate surface area is 143 Å². The summed E-state index contributed by atoms with van der Waals surface area (Å²) in [7, 11) is 0. The SMILES string of the molecule is O=C1c2c([nH]c3c2CCC3)C[C@@H]2CCN(Cc3ccccc3)C[C@@H]12. The smallest absolute Gasteiger partial charge is 0.169 e. The van der Waals surface area contributed by atoms with Crippen LogP contribution in [0.2, 0.25) is 0 Å². The Balaban J connectivity index is 1.39. The van der Waals surface area contributed by atoms with Crippen LogP contribution in [0.25, 0.3) is 0 Å². The van der Waals surface area contributed by atoms with Gasteiger partial charge in [0.2, 0.25) is 0 Å². The molecule has 1 aromatic carbocycles. The van der Waals surface area contributed by atoms with Crippen molar-refractivity contribution >= 4 is 5.78 Å². The van der Waals surface area contributed by atoms with E-state index in [-0.39, 0.29) is 5.92 Å². The Bertz CT molecular complexity index is 777. The van der Waals surface area contributed by atoms with E-state index in [0.29, 0.717) is 11.7 Å². The van der Waals surface area contributed by atoms with E-state index < -0.39 is 0 Å². The summed E-state index contributed by atoms with van der Waals surface area (Å²) >= 11 is 0. The summed E-state index contributed by atoms with van der Waals surface area (Å²) in [5.41, 5.74) is 6.40. The number of Topliss-reactive ketones (excluding diaryl/α,β-unsaturated/α-hetero) is 1. The number of ketones is 1. The highest BCUT2D eigenvalue weighted by Gasteiger charge is 2.42. The molecule has 2 aromatic rings. The number of hydrogen-bond donors (Lipinski definition) is 1. The molecule has 0 bridgehead atoms. The first-order valence-corrected chi connectivity index (χ1v) is 9.32. The van der Waals surface area contributed by atoms with Gasteiger partial charge in [-0.05, 0) is 55.7 Å². The van der Waals surface area contributed by atoms with Crippen molar-refractivity contribution in [3.05, 3.63) is 58.4 Å². The average molecular weight is 320 g/mol. The van der Waals surface area contributed by atoms with Crippen LogP contribution in [-0.2, 0) is 25.8 Å². The van der Waals surface area contributed by atoms with Crippen LogP contribution in [0, 0.1) is 11.8 Å². The van der Waals surface area contributed by atoms with Crippen molar-refractivity contribution in [1.29, 1.82) is 0 Å². The number of likely N-dealkylation sites (tertiary alicyclic amines) is 1. The molecular formula is C21H24N2O. The number of benzene rings is 1. The number of piperidine rings is 1. The minimum atomic E-state index is 0.204. The van der Waals surface area contributed by atoms with E-state index in [2.05, 4.69) is 40.2 Å². The minimum Gasteiger partial charge on any atom is -0.361 e. The number of rotatable bonds is 2. The Morgan fingerprint density at radius 3 is 2.88 bits per heavy atom. The topological polar surface area (TPSA) is 36.1 Å². The molecule has 0 unspecified atom stereocenters. The number of aromatic amines is 1. The zero-order valence-electron chi connectivity index (χ0n) is 14.1. The second kappa shape index (κ2) is 5.59. The highest BCUT2D eigenvalue weighted by atomic mass is 16.1. The van der Waals surface area contributed by atoms with Crippen LogP contribution in [-0.4, -0.2) is 28.8 Å². The first kappa shape index (κ1) is 14.5. The van der Waals surface area contributed by atoms with Gasteiger partial charge in [-0.25, -0.2) is 0 Å². The summed E-state index contributed by atoms with van der Waals surface area (Å²) in [5.74, 6) is 1.17. The van der Waals surface area contributed by atoms with Crippen LogP contribution < -0.4 is 0 Å². The van der Waals surface area contributed by atoms with Crippen LogP contribution in [0.4, 0.5) is 0 Å². The fourth-order valence-electron chi connectivity index (χ4n) is 5.08. The number of carbonyl (C=O) groups excluding carboxylic acids is 1. The molecular weight excluding hydrogens is 296 g/mol. The maximum Gasteiger partial charge on any atom is 0.169 e. The van der Waals surface area contributed by atoms with Gasteiger partial charge in [0.25, 0.3) is 0 Å². The van der Waals surface area contributed by atoms with Crippen molar-refractivity contribution in [3.8, 4) is 0 Å². The van der Waals surface area contributed by atoms with E-state index in [9.17, 15) is 4.79 Å². The molecule has 1 aliphatic heterocycles. The molecule has 124 valence electrons. The molecule has 1 aromatic heterocycles. The van der Waals surface area contributed by atoms with E-state index in [1.54, 1.807) is 0 Å². The summed E-state index contributed by atoms with van der Waals surface area (Å²) in [5, 5.41) is 0. The lowest BCUT2D eigenvalue weighted by Crippen LogP contribution is -2.46. The molecule has 0 radical (unpaired) electrons. The largest absolute Gasteiger partial charge is 0.361 e. The molecule has 3 heteroatoms. The molecule has 24 heavy (non-hydrogen) atoms. The van der Waals surface area contributed by atoms with Gasteiger partial charge in [-0.1, -0.05) is 30.3 Å². The van der Waals surface area contributed by atoms with Crippen molar-refractivity contribution in [3.63, 3.8) is 0 Å². The Morgan fingerprint density at radius 2 is 2.00 bits per heavy atom. The summed E-state index contributed by atoms with van der Waals surface area (Å²) in [4.78, 5) is 19.3. The standard InChI is InChI=1S/C21H24N2O/c24-21-17-13-23(12-14-5-2-1-3-6-14)10-9-15(17)11-19-20(21)16-7-4-8-18(16)22-19/h1-3,5-6,15,17,22H,4,7-13H2/t15-,17+/m0/s1. The molecule has 1 N–H and O–H groups in total. The number of aryl methyl sites for hydroxylation is 1. The van der Waals surface area contributed by atoms with Gasteiger partial charge in [-0.3, -0.25) is 9.69 Å². The third-order valence-corrected chi connectivity index (χ3v) is 6.26. The van der Waals surface area contributed by atoms with E-state index in [1.807, 2.05) is 0 Å². The lowest BCUT2D eigenvalue weighted by atomic mass is 9.72. The number of carbonyl (C=O) groups is 1. The van der Waals surface area contributed by atoms with Crippen molar-refractivity contribution in [2.45, 2.75) is 38.6 Å². The molecule has 0 spiro atoms. The van der Waals surface area contributed by atoms with Gasteiger partial charge in [0.05, 0.1) is 0 Å². The normalized spacial score (nSPS) is 26.1. The zero-order valence-corrected chi connectivity index (χ0v) is 14.1. The zero-order chi connectivity index (χ0) is 16.1. The quantitative estimate of drug-likeness (QED) is 0.921. The number of nitrogens with zero attached hydrogens (tertiary/aromatic N) is 1. The third kappa shape index (κ3) is 2.26. The van der Waals surface area contributed by atoms with Crippen LogP contribution in [0.1, 0.15) is 45.7 Å². The first-order valence-electron chi connectivity index (χ1n) is 9.32. The molecule has 2 atom stereocenters. The fraction of sp³-hybridized carbons (Fsp3) is 0.476. The molecule has 3 nitrogen and oxygen atoms in total. The predicted octanol–water partition coefficient (Wildman–Crippen LogP) is 3.38. The van der Waals surface area contributed by atoms with Crippen molar-refractivity contribution < 1.29 is 4.79 Å². The van der Waals surface area contributed by atoms with Crippen LogP contribution in [0.5, 0.6) is 0 Å². The average Bonchev–Trinajstić information content (AvgIpc) is 3.17. The molecule has 2 heterocycles. The minimum absolute atomic E-state index is 0.204. The molecule has 1 fully saturated rings. The second-order valence-corrected chi connectivity index (χ2v) is 7.73. The second-order valence-electron chi connectivity index (χ2n) is 7.73. The summed E-state index contributed by atoms with van der Waals surface area (Å²) < 4.78 is 0. The maximum absolute atomic E-state index is 13.2. The summed E-state index contributed by atoms with van der Waals surface area (Å²) in [6, 6.07) is 10.6. The van der Waals surface area contributed by atoms with Crippen molar-refractivity contribution in [2.75, 3.05) is 13.1 Å². The van der Waals surface area contributed by atoms with E-state index in [0.717, 1.165) is 50.9 Å². The van der Waals surface area contributed by atoms with Crippen molar-refractivity contribution in [1.82, 2.24) is 9.88 Å². The Kier molecular flexibility index (Phi) is 3.37. The van der Waals surface area contributed by atoms with Gasteiger partial charge in [-0.15, -0.1) is 0 Å². The van der Waals surface area contributed by atoms with Gasteiger partial charge in [0.15, 0.2) is 5.78 Å². The monoisotopic (exact) mass is 320 g/mol. The molecule has 2 aliphatic carbocycles. The molecule has 3 aliphatic rings. The van der Waals surface area contributed by atoms with E-state index in [1.165, 1.54) is 28.9 Å². The highest BCUT2D eigenvalue weighted by molar-refractivity contribution is 6.02. The third-order valence-electron chi connectivity index (χ3n) is 6.26. The molecule has 5 rings (SSSR count). The van der Waals surface area contributed by atoms with Crippen molar-refractivity contribution in [2.24, 2.45) is 11.8 Å². The Morgan fingerprint density at radius 1 is 1.12 bits per heavy atom. The van der Waals surface area contributed by atoms with E-state index >= 15 is 0 Å². The fourth-order valence-corrected chi connectivity index (χ4v) is 5.08. The lowest BCUT2D eigenvalue weighted by Gasteiger charge is -2.40. The van der Waals surface area contributed by atoms with Gasteiger partial charge < -0.3 is 4.98 Å². The highest BCUT2D eigenvalue weighted by Crippen LogP contribution is 2.40. The number of nitrogens with one attached hydrogen (secondary N) is 1. The van der Waals surface area contributed by atoms with E-state index in [4.69, 9.17) is 0 Å². The van der Waals surface area contributed by atoms with Gasteiger partial charge in [-0.2, -0.15) is 0 Å². The number of aromatic nitrogens is 1. The molecule has 0 amide bonds. The molecule has 0 saturated carbocycles. The first-order chi connectivity index (χ1) is 11.8. The number of fused-ring (bicyclic) bond motifs is 4. The van der Waals surface area contributed by atoms with Gasteiger partial charge >= 0.3 is 0 Å². The predicted molar refractivity (Wildman–Crippen MR) is 94.2 cm³/mol. The molecule has 1 saturated heterocycles. The Hall–Kier alpha value is -1.87. The van der Waals surface area contributed by atoms with Gasteiger partial charge in [0.1, 0.15) is 0 Å². The lowest BCUT2D eigenvalue weighted by molar-refractivity contribution is 0.0644. The number of hydrogen-bond acceptors (Lipinski definition) is 2. The van der Waals surface area contributed by atoms with Crippen LogP contribution >= 0.6 is 0 Å². The summed E-state index contributed by atoms with van der Waals surface area (Å²) in [6.45, 7) is 3.01. The number of H-pyrrole nitrogens is 1. The van der Waals surface area contributed by atoms with Crippen LogP contribution in [0.3, 0.4) is 0 Å². The van der Waals surface area contributed by atoms with Crippen LogP contribution in [0.15, 0.2) is 30.3 Å².